The summed E-state index contributed by atoms with van der Waals surface area (Å²) < 4.78 is 5.41. The van der Waals surface area contributed by atoms with Gasteiger partial charge in [-0.05, 0) is 24.5 Å². The fourth-order valence-corrected chi connectivity index (χ4v) is 5.95. The number of primary amides is 1. The van der Waals surface area contributed by atoms with Gasteiger partial charge in [0.15, 0.2) is 0 Å². The number of fused-ring (bicyclic) bond motifs is 4. The smallest absolute Gasteiger partial charge is 0.250 e. The van der Waals surface area contributed by atoms with Crippen molar-refractivity contribution >= 4 is 29.3 Å². The lowest BCUT2D eigenvalue weighted by Crippen LogP contribution is -2.53. The van der Waals surface area contributed by atoms with Crippen LogP contribution in [0.25, 0.3) is 0 Å². The Labute approximate surface area is 203 Å². The first-order chi connectivity index (χ1) is 16.8. The maximum Gasteiger partial charge on any atom is 0.250 e. The van der Waals surface area contributed by atoms with E-state index in [0.717, 1.165) is 5.56 Å². The van der Waals surface area contributed by atoms with Crippen LogP contribution in [0.5, 0.6) is 5.75 Å². The SMILES string of the molecule is CCc1cccc2c1NC(=O)[C@]21N[C@@H](CCC(N)=O)[C@H]2C(=O)N(Cc3ccccc3OC)C(=O)[C@H]21. The summed E-state index contributed by atoms with van der Waals surface area (Å²) in [6, 6.07) is 12.3. The van der Waals surface area contributed by atoms with E-state index in [-0.39, 0.29) is 31.2 Å². The Morgan fingerprint density at radius 1 is 1.09 bits per heavy atom. The molecule has 0 radical (unpaired) electrons. The molecule has 4 N–H and O–H groups in total. The molecule has 0 aromatic heterocycles. The van der Waals surface area contributed by atoms with Gasteiger partial charge >= 0.3 is 0 Å². The number of methoxy groups -OCH3 is 1. The van der Waals surface area contributed by atoms with Crippen LogP contribution in [0.3, 0.4) is 0 Å². The number of nitrogens with zero attached hydrogens (tertiary/aromatic N) is 1. The Morgan fingerprint density at radius 2 is 1.83 bits per heavy atom. The van der Waals surface area contributed by atoms with Crippen LogP contribution in [0, 0.1) is 11.8 Å². The summed E-state index contributed by atoms with van der Waals surface area (Å²) in [4.78, 5) is 54.0. The molecule has 3 aliphatic rings. The number of nitrogens with one attached hydrogen (secondary N) is 2. The standard InChI is InChI=1S/C26H28N4O5/c1-3-14-8-6-9-16-22(14)28-25(34)26(16)21-20(17(29-26)11-12-19(27)31)23(32)30(24(21)33)13-15-7-4-5-10-18(15)35-2/h4-10,17,20-21,29H,3,11-13H2,1-2H3,(H2,27,31)(H,28,34)/t17-,20+,21-,26-/m0/s1. The molecule has 2 saturated heterocycles. The van der Waals surface area contributed by atoms with Crippen LogP contribution in [0.1, 0.15) is 36.5 Å². The molecule has 0 saturated carbocycles. The van der Waals surface area contributed by atoms with Crippen LogP contribution in [-0.2, 0) is 37.7 Å². The number of carbonyl (C=O) groups is 4. The lowest BCUT2D eigenvalue weighted by molar-refractivity contribution is -0.143. The van der Waals surface area contributed by atoms with Crippen molar-refractivity contribution in [2.24, 2.45) is 17.6 Å². The Kier molecular flexibility index (Phi) is 5.59. The minimum Gasteiger partial charge on any atom is -0.496 e. The molecule has 9 heteroatoms. The summed E-state index contributed by atoms with van der Waals surface area (Å²) in [5.41, 5.74) is 7.00. The molecule has 4 atom stereocenters. The lowest BCUT2D eigenvalue weighted by Gasteiger charge is -2.29. The van der Waals surface area contributed by atoms with Crippen molar-refractivity contribution in [1.29, 1.82) is 0 Å². The van der Waals surface area contributed by atoms with Crippen LogP contribution in [-0.4, -0.2) is 41.7 Å². The largest absolute Gasteiger partial charge is 0.496 e. The predicted octanol–water partition coefficient (Wildman–Crippen LogP) is 1.44. The Bertz CT molecular complexity index is 1240. The topological polar surface area (TPSA) is 131 Å². The zero-order valence-electron chi connectivity index (χ0n) is 19.7. The monoisotopic (exact) mass is 476 g/mol. The van der Waals surface area contributed by atoms with Crippen molar-refractivity contribution in [3.8, 4) is 5.75 Å². The van der Waals surface area contributed by atoms with E-state index in [1.54, 1.807) is 12.1 Å². The summed E-state index contributed by atoms with van der Waals surface area (Å²) in [6.07, 6.45) is 0.982. The Hall–Kier alpha value is -3.72. The average Bonchev–Trinajstić information content (AvgIpc) is 3.43. The first kappa shape index (κ1) is 23.0. The van der Waals surface area contributed by atoms with E-state index >= 15 is 0 Å². The predicted molar refractivity (Wildman–Crippen MR) is 127 cm³/mol. The number of anilines is 1. The quantitative estimate of drug-likeness (QED) is 0.519. The molecule has 182 valence electrons. The zero-order chi connectivity index (χ0) is 24.9. The van der Waals surface area contributed by atoms with Crippen LogP contribution in [0.4, 0.5) is 5.69 Å². The van der Waals surface area contributed by atoms with Crippen molar-refractivity contribution in [3.05, 3.63) is 59.2 Å². The van der Waals surface area contributed by atoms with Gasteiger partial charge in [-0.25, -0.2) is 0 Å². The zero-order valence-corrected chi connectivity index (χ0v) is 19.7. The number of imide groups is 1. The van der Waals surface area contributed by atoms with E-state index in [1.807, 2.05) is 37.3 Å². The molecule has 0 bridgehead atoms. The second-order valence-electron chi connectivity index (χ2n) is 9.29. The molecule has 9 nitrogen and oxygen atoms in total. The molecule has 35 heavy (non-hydrogen) atoms. The van der Waals surface area contributed by atoms with Gasteiger partial charge in [-0.15, -0.1) is 0 Å². The molecule has 2 aromatic carbocycles. The number of rotatable bonds is 7. The van der Waals surface area contributed by atoms with Gasteiger partial charge in [0.1, 0.15) is 11.3 Å². The average molecular weight is 477 g/mol. The number of para-hydroxylation sites is 2. The highest BCUT2D eigenvalue weighted by Gasteiger charge is 2.70. The van der Waals surface area contributed by atoms with Gasteiger partial charge in [-0.1, -0.05) is 43.3 Å². The first-order valence-electron chi connectivity index (χ1n) is 11.8. The van der Waals surface area contributed by atoms with Crippen LogP contribution >= 0.6 is 0 Å². The molecule has 0 unspecified atom stereocenters. The minimum absolute atomic E-state index is 0.0361. The molecular weight excluding hydrogens is 448 g/mol. The number of benzene rings is 2. The highest BCUT2D eigenvalue weighted by atomic mass is 16.5. The van der Waals surface area contributed by atoms with Crippen molar-refractivity contribution in [1.82, 2.24) is 10.2 Å². The van der Waals surface area contributed by atoms with Gasteiger partial charge in [0, 0.05) is 29.3 Å². The van der Waals surface area contributed by atoms with E-state index in [1.165, 1.54) is 12.0 Å². The van der Waals surface area contributed by atoms with E-state index in [2.05, 4.69) is 10.6 Å². The number of amides is 4. The van der Waals surface area contributed by atoms with Gasteiger partial charge < -0.3 is 15.8 Å². The molecule has 5 rings (SSSR count). The maximum atomic E-state index is 13.9. The Balaban J connectivity index is 1.60. The maximum absolute atomic E-state index is 13.9. The summed E-state index contributed by atoms with van der Waals surface area (Å²) in [6.45, 7) is 2.03. The summed E-state index contributed by atoms with van der Waals surface area (Å²) >= 11 is 0. The molecule has 4 amide bonds. The molecule has 0 aliphatic carbocycles. The van der Waals surface area contributed by atoms with E-state index in [4.69, 9.17) is 10.5 Å². The molecule has 1 spiro atoms. The minimum atomic E-state index is -1.39. The van der Waals surface area contributed by atoms with Crippen LogP contribution in [0.2, 0.25) is 0 Å². The lowest BCUT2D eigenvalue weighted by atomic mass is 9.76. The van der Waals surface area contributed by atoms with Crippen molar-refractivity contribution in [3.63, 3.8) is 0 Å². The number of ether oxygens (including phenoxy) is 1. The number of aryl methyl sites for hydroxylation is 1. The van der Waals surface area contributed by atoms with Crippen LogP contribution < -0.4 is 21.1 Å². The van der Waals surface area contributed by atoms with Gasteiger partial charge in [0.05, 0.1) is 25.5 Å². The van der Waals surface area contributed by atoms with Crippen molar-refractivity contribution in [2.75, 3.05) is 12.4 Å². The van der Waals surface area contributed by atoms with Gasteiger partial charge in [-0.2, -0.15) is 0 Å². The highest BCUT2D eigenvalue weighted by Crippen LogP contribution is 2.54. The second kappa shape index (κ2) is 8.49. The third-order valence-corrected chi connectivity index (χ3v) is 7.53. The fourth-order valence-electron chi connectivity index (χ4n) is 5.95. The number of nitrogens with two attached hydrogens (primary N) is 1. The number of hydrogen-bond donors (Lipinski definition) is 3. The Morgan fingerprint density at radius 3 is 2.54 bits per heavy atom. The van der Waals surface area contributed by atoms with Crippen LogP contribution in [0.15, 0.2) is 42.5 Å². The van der Waals surface area contributed by atoms with E-state index < -0.39 is 35.2 Å². The van der Waals surface area contributed by atoms with Gasteiger partial charge in [-0.3, -0.25) is 29.4 Å². The third kappa shape index (κ3) is 3.33. The highest BCUT2D eigenvalue weighted by molar-refractivity contribution is 6.15. The van der Waals surface area contributed by atoms with E-state index in [9.17, 15) is 19.2 Å². The van der Waals surface area contributed by atoms with Gasteiger partial charge in [0.25, 0.3) is 0 Å². The van der Waals surface area contributed by atoms with Crippen molar-refractivity contribution in [2.45, 2.75) is 44.3 Å². The third-order valence-electron chi connectivity index (χ3n) is 7.53. The van der Waals surface area contributed by atoms with Crippen molar-refractivity contribution < 1.29 is 23.9 Å². The summed E-state index contributed by atoms with van der Waals surface area (Å²) in [5.74, 6) is -2.79. The number of hydrogen-bond acceptors (Lipinski definition) is 6. The van der Waals surface area contributed by atoms with E-state index in [0.29, 0.717) is 29.0 Å². The number of carbonyl (C=O) groups excluding carboxylic acids is 4. The molecule has 2 fully saturated rings. The summed E-state index contributed by atoms with van der Waals surface area (Å²) in [5, 5.41) is 6.31. The fraction of sp³-hybridized carbons (Fsp3) is 0.385. The second-order valence-corrected chi connectivity index (χ2v) is 9.29. The molecule has 2 aromatic rings. The molecule has 3 heterocycles. The summed E-state index contributed by atoms with van der Waals surface area (Å²) in [7, 11) is 1.53. The first-order valence-corrected chi connectivity index (χ1v) is 11.8. The number of likely N-dealkylation sites (tertiary alicyclic amines) is 1. The molecule has 3 aliphatic heterocycles. The van der Waals surface area contributed by atoms with Gasteiger partial charge in [0.2, 0.25) is 23.6 Å². The normalized spacial score (nSPS) is 26.7. The molecular formula is C26H28N4O5.